The molecular weight excluding hydrogens is 254 g/mol. The van der Waals surface area contributed by atoms with E-state index in [4.69, 9.17) is 4.74 Å². The number of hydrogen-bond donors (Lipinski definition) is 1. The number of halogens is 1. The van der Waals surface area contributed by atoms with Crippen molar-refractivity contribution < 1.29 is 4.74 Å². The van der Waals surface area contributed by atoms with E-state index < -0.39 is 0 Å². The highest BCUT2D eigenvalue weighted by molar-refractivity contribution is 9.10. The maximum Gasteiger partial charge on any atom is 0.0741 e. The second-order valence-corrected chi connectivity index (χ2v) is 4.81. The molecule has 0 fully saturated rings. The van der Waals surface area contributed by atoms with Crippen molar-refractivity contribution in [1.29, 1.82) is 0 Å². The Hall–Kier alpha value is -0.540. The lowest BCUT2D eigenvalue weighted by Gasteiger charge is -2.21. The predicted molar refractivity (Wildman–Crippen MR) is 68.4 cm³/mol. The Labute approximate surface area is 100 Å². The summed E-state index contributed by atoms with van der Waals surface area (Å²) in [7, 11) is 1.73. The molecule has 0 amide bonds. The van der Waals surface area contributed by atoms with E-state index in [1.54, 1.807) is 7.11 Å². The number of rotatable bonds is 4. The number of aryl methyl sites for hydroxylation is 1. The van der Waals surface area contributed by atoms with E-state index >= 15 is 0 Å². The van der Waals surface area contributed by atoms with Crippen LogP contribution in [-0.4, -0.2) is 19.3 Å². The Balaban J connectivity index is 2.72. The van der Waals surface area contributed by atoms with E-state index in [0.717, 1.165) is 10.2 Å². The molecule has 0 bridgehead atoms. The highest BCUT2D eigenvalue weighted by Gasteiger charge is 2.10. The number of ether oxygens (including phenoxy) is 1. The van der Waals surface area contributed by atoms with Crippen molar-refractivity contribution >= 4 is 21.6 Å². The van der Waals surface area contributed by atoms with Gasteiger partial charge >= 0.3 is 0 Å². The van der Waals surface area contributed by atoms with E-state index in [0.29, 0.717) is 6.04 Å². The third kappa shape index (κ3) is 3.84. The van der Waals surface area contributed by atoms with Gasteiger partial charge in [0.1, 0.15) is 0 Å². The van der Waals surface area contributed by atoms with Crippen molar-refractivity contribution in [2.24, 2.45) is 0 Å². The number of anilines is 1. The van der Waals surface area contributed by atoms with Gasteiger partial charge in [0.15, 0.2) is 0 Å². The Morgan fingerprint density at radius 2 is 1.93 bits per heavy atom. The van der Waals surface area contributed by atoms with Crippen molar-refractivity contribution in [2.75, 3.05) is 12.4 Å². The van der Waals surface area contributed by atoms with Crippen LogP contribution in [0.3, 0.4) is 0 Å². The lowest BCUT2D eigenvalue weighted by Crippen LogP contribution is -2.29. The normalized spacial score (nSPS) is 14.7. The Morgan fingerprint density at radius 1 is 1.27 bits per heavy atom. The van der Waals surface area contributed by atoms with Crippen LogP contribution >= 0.6 is 15.9 Å². The second-order valence-electron chi connectivity index (χ2n) is 3.89. The Bertz CT molecular complexity index is 307. The van der Waals surface area contributed by atoms with Crippen LogP contribution in [0.1, 0.15) is 19.4 Å². The van der Waals surface area contributed by atoms with Gasteiger partial charge < -0.3 is 10.1 Å². The average molecular weight is 272 g/mol. The van der Waals surface area contributed by atoms with E-state index in [9.17, 15) is 0 Å². The summed E-state index contributed by atoms with van der Waals surface area (Å²) in [5, 5.41) is 3.42. The van der Waals surface area contributed by atoms with Crippen molar-refractivity contribution in [2.45, 2.75) is 32.9 Å². The first kappa shape index (κ1) is 12.5. The summed E-state index contributed by atoms with van der Waals surface area (Å²) in [5.74, 6) is 0. The molecule has 1 aromatic rings. The second kappa shape index (κ2) is 5.52. The zero-order valence-electron chi connectivity index (χ0n) is 9.67. The minimum absolute atomic E-state index is 0.198. The van der Waals surface area contributed by atoms with Gasteiger partial charge in [0.25, 0.3) is 0 Å². The maximum atomic E-state index is 5.27. The molecule has 0 saturated carbocycles. The largest absolute Gasteiger partial charge is 0.380 e. The van der Waals surface area contributed by atoms with Crippen LogP contribution in [0, 0.1) is 6.92 Å². The van der Waals surface area contributed by atoms with E-state index in [-0.39, 0.29) is 6.10 Å². The van der Waals surface area contributed by atoms with E-state index in [1.165, 1.54) is 5.56 Å². The summed E-state index contributed by atoms with van der Waals surface area (Å²) in [6.07, 6.45) is 0.198. The molecule has 84 valence electrons. The Morgan fingerprint density at radius 3 is 2.47 bits per heavy atom. The average Bonchev–Trinajstić information content (AvgIpc) is 2.14. The molecular formula is C12H18BrNO. The lowest BCUT2D eigenvalue weighted by molar-refractivity contribution is 0.106. The van der Waals surface area contributed by atoms with Gasteiger partial charge in [-0.25, -0.2) is 0 Å². The molecule has 0 saturated heterocycles. The monoisotopic (exact) mass is 271 g/mol. The summed E-state index contributed by atoms with van der Waals surface area (Å²) in [5.41, 5.74) is 2.36. The minimum atomic E-state index is 0.198. The fourth-order valence-corrected chi connectivity index (χ4v) is 2.01. The van der Waals surface area contributed by atoms with Crippen LogP contribution in [-0.2, 0) is 4.74 Å². The number of methoxy groups -OCH3 is 1. The fraction of sp³-hybridized carbons (Fsp3) is 0.500. The van der Waals surface area contributed by atoms with Crippen molar-refractivity contribution in [3.63, 3.8) is 0 Å². The molecule has 2 nitrogen and oxygen atoms in total. The molecule has 2 unspecified atom stereocenters. The summed E-state index contributed by atoms with van der Waals surface area (Å²) in [4.78, 5) is 0. The molecule has 0 aliphatic heterocycles. The van der Waals surface area contributed by atoms with Gasteiger partial charge in [-0.05, 0) is 44.5 Å². The molecule has 3 heteroatoms. The number of nitrogens with one attached hydrogen (secondary N) is 1. The number of hydrogen-bond acceptors (Lipinski definition) is 2. The highest BCUT2D eigenvalue weighted by atomic mass is 79.9. The van der Waals surface area contributed by atoms with Crippen LogP contribution in [0.25, 0.3) is 0 Å². The first-order chi connectivity index (χ1) is 7.02. The number of benzene rings is 1. The van der Waals surface area contributed by atoms with Gasteiger partial charge in [0.2, 0.25) is 0 Å². The predicted octanol–water partition coefficient (Wildman–Crippen LogP) is 3.59. The highest BCUT2D eigenvalue weighted by Crippen LogP contribution is 2.20. The molecule has 2 atom stereocenters. The quantitative estimate of drug-likeness (QED) is 0.904. The SMILES string of the molecule is COC(C)C(C)Nc1cc(C)cc(Br)c1. The lowest BCUT2D eigenvalue weighted by atomic mass is 10.1. The first-order valence-corrected chi connectivity index (χ1v) is 5.88. The minimum Gasteiger partial charge on any atom is -0.380 e. The van der Waals surface area contributed by atoms with Gasteiger partial charge in [0.05, 0.1) is 6.10 Å². The molecule has 1 aromatic carbocycles. The standard InChI is InChI=1S/C12H18BrNO/c1-8-5-11(13)7-12(6-8)14-9(2)10(3)15-4/h5-7,9-10,14H,1-4H3. The zero-order chi connectivity index (χ0) is 11.4. The molecule has 0 heterocycles. The maximum absolute atomic E-state index is 5.27. The zero-order valence-corrected chi connectivity index (χ0v) is 11.3. The van der Waals surface area contributed by atoms with Crippen LogP contribution in [0.5, 0.6) is 0 Å². The van der Waals surface area contributed by atoms with Crippen LogP contribution < -0.4 is 5.32 Å². The molecule has 0 aliphatic carbocycles. The van der Waals surface area contributed by atoms with Crippen molar-refractivity contribution in [3.8, 4) is 0 Å². The fourth-order valence-electron chi connectivity index (χ4n) is 1.40. The first-order valence-electron chi connectivity index (χ1n) is 5.09. The van der Waals surface area contributed by atoms with Crippen LogP contribution in [0.2, 0.25) is 0 Å². The molecule has 1 N–H and O–H groups in total. The van der Waals surface area contributed by atoms with Crippen molar-refractivity contribution in [1.82, 2.24) is 0 Å². The topological polar surface area (TPSA) is 21.3 Å². The van der Waals surface area contributed by atoms with Gasteiger partial charge in [-0.3, -0.25) is 0 Å². The van der Waals surface area contributed by atoms with E-state index in [1.807, 2.05) is 0 Å². The smallest absolute Gasteiger partial charge is 0.0741 e. The summed E-state index contributed by atoms with van der Waals surface area (Å²) in [6, 6.07) is 6.59. The third-order valence-electron chi connectivity index (χ3n) is 2.51. The Kier molecular flexibility index (Phi) is 4.61. The molecule has 0 aromatic heterocycles. The van der Waals surface area contributed by atoms with Gasteiger partial charge in [-0.2, -0.15) is 0 Å². The van der Waals surface area contributed by atoms with E-state index in [2.05, 4.69) is 60.2 Å². The molecule has 0 aliphatic rings. The third-order valence-corrected chi connectivity index (χ3v) is 2.97. The van der Waals surface area contributed by atoms with Crippen LogP contribution in [0.15, 0.2) is 22.7 Å². The summed E-state index contributed by atoms with van der Waals surface area (Å²) in [6.45, 7) is 6.26. The summed E-state index contributed by atoms with van der Waals surface area (Å²) < 4.78 is 6.37. The van der Waals surface area contributed by atoms with Crippen molar-refractivity contribution in [3.05, 3.63) is 28.2 Å². The summed E-state index contributed by atoms with van der Waals surface area (Å²) >= 11 is 3.49. The van der Waals surface area contributed by atoms with Gasteiger partial charge in [-0.15, -0.1) is 0 Å². The van der Waals surface area contributed by atoms with Crippen LogP contribution in [0.4, 0.5) is 5.69 Å². The molecule has 15 heavy (non-hydrogen) atoms. The molecule has 1 rings (SSSR count). The molecule has 0 spiro atoms. The van der Waals surface area contributed by atoms with Gasteiger partial charge in [0, 0.05) is 23.3 Å². The molecule has 0 radical (unpaired) electrons. The van der Waals surface area contributed by atoms with Gasteiger partial charge in [-0.1, -0.05) is 15.9 Å².